The molecule has 0 saturated carbocycles. The first-order chi connectivity index (χ1) is 7.03. The zero-order valence-electron chi connectivity index (χ0n) is 10.3. The van der Waals surface area contributed by atoms with Gasteiger partial charge in [-0.1, -0.05) is 6.92 Å². The van der Waals surface area contributed by atoms with Crippen LogP contribution in [0.25, 0.3) is 0 Å². The highest BCUT2D eigenvalue weighted by molar-refractivity contribution is 5.82. The Morgan fingerprint density at radius 2 is 2.27 bits per heavy atom. The van der Waals surface area contributed by atoms with Gasteiger partial charge < -0.3 is 10.6 Å². The Kier molecular flexibility index (Phi) is 4.11. The highest BCUT2D eigenvalue weighted by atomic mass is 16.2. The van der Waals surface area contributed by atoms with Crippen molar-refractivity contribution in [2.75, 3.05) is 26.7 Å². The van der Waals surface area contributed by atoms with Crippen LogP contribution in [0.1, 0.15) is 27.2 Å². The van der Waals surface area contributed by atoms with E-state index >= 15 is 0 Å². The van der Waals surface area contributed by atoms with Crippen molar-refractivity contribution < 1.29 is 4.79 Å². The number of hydrogen-bond acceptors (Lipinski definition) is 3. The minimum atomic E-state index is 0.0196. The van der Waals surface area contributed by atoms with E-state index in [4.69, 9.17) is 0 Å². The van der Waals surface area contributed by atoms with Gasteiger partial charge in [0.2, 0.25) is 5.91 Å². The molecule has 0 radical (unpaired) electrons. The molecule has 1 unspecified atom stereocenters. The molecule has 4 nitrogen and oxygen atoms in total. The zero-order chi connectivity index (χ0) is 11.5. The summed E-state index contributed by atoms with van der Waals surface area (Å²) in [6, 6.07) is 0.0196. The Morgan fingerprint density at radius 3 is 2.80 bits per heavy atom. The first-order valence-electron chi connectivity index (χ1n) is 5.72. The second kappa shape index (κ2) is 4.94. The average Bonchev–Trinajstić information content (AvgIpc) is 2.19. The Balaban J connectivity index is 2.73. The average molecular weight is 213 g/mol. The maximum atomic E-state index is 11.8. The summed E-state index contributed by atoms with van der Waals surface area (Å²) in [5.41, 5.74) is 0.0705. The highest BCUT2D eigenvalue weighted by Crippen LogP contribution is 2.22. The molecule has 0 aromatic heterocycles. The maximum absolute atomic E-state index is 11.8. The number of nitrogens with one attached hydrogen (secondary N) is 2. The van der Waals surface area contributed by atoms with E-state index in [1.54, 1.807) is 0 Å². The maximum Gasteiger partial charge on any atom is 0.237 e. The smallest absolute Gasteiger partial charge is 0.237 e. The molecule has 2 N–H and O–H groups in total. The predicted molar refractivity (Wildman–Crippen MR) is 61.8 cm³/mol. The van der Waals surface area contributed by atoms with Crippen LogP contribution in [-0.4, -0.2) is 49.1 Å². The summed E-state index contributed by atoms with van der Waals surface area (Å²) >= 11 is 0. The minimum Gasteiger partial charge on any atom is -0.353 e. The lowest BCUT2D eigenvalue weighted by molar-refractivity contribution is -0.134. The number of nitrogens with zero attached hydrogens (tertiary/aromatic N) is 1. The van der Waals surface area contributed by atoms with Crippen molar-refractivity contribution in [3.8, 4) is 0 Å². The van der Waals surface area contributed by atoms with E-state index in [-0.39, 0.29) is 17.5 Å². The fourth-order valence-electron chi connectivity index (χ4n) is 2.30. The van der Waals surface area contributed by atoms with Crippen LogP contribution in [0.5, 0.6) is 0 Å². The van der Waals surface area contributed by atoms with Crippen molar-refractivity contribution in [2.24, 2.45) is 0 Å². The second-order valence-electron chi connectivity index (χ2n) is 4.72. The predicted octanol–water partition coefficient (Wildman–Crippen LogP) is 0.195. The fourth-order valence-corrected chi connectivity index (χ4v) is 2.30. The molecule has 88 valence electrons. The van der Waals surface area contributed by atoms with Gasteiger partial charge in [0.15, 0.2) is 0 Å². The van der Waals surface area contributed by atoms with E-state index in [1.165, 1.54) is 0 Å². The molecule has 0 bridgehead atoms. The zero-order valence-corrected chi connectivity index (χ0v) is 10.3. The normalized spacial score (nSPS) is 26.4. The molecule has 4 heteroatoms. The molecule has 1 aliphatic rings. The van der Waals surface area contributed by atoms with E-state index in [0.29, 0.717) is 0 Å². The molecule has 1 aliphatic heterocycles. The van der Waals surface area contributed by atoms with Crippen molar-refractivity contribution in [3.05, 3.63) is 0 Å². The summed E-state index contributed by atoms with van der Waals surface area (Å²) in [5, 5.41) is 6.09. The number of likely N-dealkylation sites (N-methyl/N-ethyl adjacent to an activating group) is 1. The lowest BCUT2D eigenvalue weighted by Gasteiger charge is -2.46. The molecule has 1 saturated heterocycles. The Hall–Kier alpha value is -0.610. The molecule has 1 rings (SSSR count). The largest absolute Gasteiger partial charge is 0.353 e. The van der Waals surface area contributed by atoms with Crippen molar-refractivity contribution in [1.82, 2.24) is 15.5 Å². The highest BCUT2D eigenvalue weighted by Gasteiger charge is 2.39. The van der Waals surface area contributed by atoms with Crippen LogP contribution >= 0.6 is 0 Å². The third kappa shape index (κ3) is 2.69. The van der Waals surface area contributed by atoms with Crippen LogP contribution in [-0.2, 0) is 4.79 Å². The Bertz CT molecular complexity index is 228. The van der Waals surface area contributed by atoms with Gasteiger partial charge in [0, 0.05) is 12.1 Å². The van der Waals surface area contributed by atoms with Gasteiger partial charge in [0.05, 0.1) is 6.04 Å². The lowest BCUT2D eigenvalue weighted by Crippen LogP contribution is -2.65. The van der Waals surface area contributed by atoms with Gasteiger partial charge in [-0.3, -0.25) is 9.69 Å². The van der Waals surface area contributed by atoms with Crippen LogP contribution < -0.4 is 10.6 Å². The summed E-state index contributed by atoms with van der Waals surface area (Å²) in [6.07, 6.45) is 0.875. The summed E-state index contributed by atoms with van der Waals surface area (Å²) < 4.78 is 0. The lowest BCUT2D eigenvalue weighted by atomic mass is 9.94. The molecule has 0 aliphatic carbocycles. The number of carbonyl (C=O) groups excluding carboxylic acids is 1. The van der Waals surface area contributed by atoms with Gasteiger partial charge in [0.25, 0.3) is 0 Å². The topological polar surface area (TPSA) is 44.4 Å². The summed E-state index contributed by atoms with van der Waals surface area (Å²) in [5.74, 6) is 0.173. The summed E-state index contributed by atoms with van der Waals surface area (Å²) in [4.78, 5) is 14.1. The SMILES string of the molecule is CCN1C(CCNC)C(=O)NCC1(C)C. The molecular formula is C11H23N3O. The number of carbonyl (C=O) groups is 1. The quantitative estimate of drug-likeness (QED) is 0.701. The summed E-state index contributed by atoms with van der Waals surface area (Å²) in [7, 11) is 1.92. The number of amides is 1. The molecule has 15 heavy (non-hydrogen) atoms. The Labute approximate surface area is 92.4 Å². The van der Waals surface area contributed by atoms with Crippen LogP contribution in [0, 0.1) is 0 Å². The number of rotatable bonds is 4. The van der Waals surface area contributed by atoms with E-state index in [0.717, 1.165) is 26.1 Å². The summed E-state index contributed by atoms with van der Waals surface area (Å²) in [6.45, 7) is 9.03. The van der Waals surface area contributed by atoms with Gasteiger partial charge in [-0.05, 0) is 40.4 Å². The first-order valence-corrected chi connectivity index (χ1v) is 5.72. The van der Waals surface area contributed by atoms with Crippen molar-refractivity contribution in [1.29, 1.82) is 0 Å². The van der Waals surface area contributed by atoms with Gasteiger partial charge in [0.1, 0.15) is 0 Å². The molecule has 1 amide bonds. The fraction of sp³-hybridized carbons (Fsp3) is 0.909. The molecule has 0 spiro atoms. The standard InChI is InChI=1S/C11H23N3O/c1-5-14-9(6-7-12-4)10(15)13-8-11(14,2)3/h9,12H,5-8H2,1-4H3,(H,13,15). The van der Waals surface area contributed by atoms with E-state index in [2.05, 4.69) is 36.3 Å². The van der Waals surface area contributed by atoms with Crippen molar-refractivity contribution >= 4 is 5.91 Å². The van der Waals surface area contributed by atoms with Gasteiger partial charge in [-0.25, -0.2) is 0 Å². The van der Waals surface area contributed by atoms with Crippen molar-refractivity contribution in [3.63, 3.8) is 0 Å². The van der Waals surface area contributed by atoms with Crippen LogP contribution in [0.2, 0.25) is 0 Å². The third-order valence-electron chi connectivity index (χ3n) is 3.16. The molecular weight excluding hydrogens is 190 g/mol. The molecule has 0 aromatic rings. The second-order valence-corrected chi connectivity index (χ2v) is 4.72. The van der Waals surface area contributed by atoms with Crippen molar-refractivity contribution in [2.45, 2.75) is 38.8 Å². The van der Waals surface area contributed by atoms with Gasteiger partial charge in [-0.15, -0.1) is 0 Å². The van der Waals surface area contributed by atoms with E-state index in [9.17, 15) is 4.79 Å². The van der Waals surface area contributed by atoms with Crippen LogP contribution in [0.15, 0.2) is 0 Å². The monoisotopic (exact) mass is 213 g/mol. The molecule has 0 aromatic carbocycles. The van der Waals surface area contributed by atoms with E-state index in [1.807, 2.05) is 7.05 Å². The number of hydrogen-bond donors (Lipinski definition) is 2. The first kappa shape index (κ1) is 12.5. The minimum absolute atomic E-state index is 0.0196. The molecule has 1 heterocycles. The van der Waals surface area contributed by atoms with Crippen LogP contribution in [0.3, 0.4) is 0 Å². The van der Waals surface area contributed by atoms with Crippen LogP contribution in [0.4, 0.5) is 0 Å². The van der Waals surface area contributed by atoms with Gasteiger partial charge >= 0.3 is 0 Å². The molecule has 1 fully saturated rings. The molecule has 1 atom stereocenters. The van der Waals surface area contributed by atoms with Gasteiger partial charge in [-0.2, -0.15) is 0 Å². The number of piperazine rings is 1. The third-order valence-corrected chi connectivity index (χ3v) is 3.16. The Morgan fingerprint density at radius 1 is 1.60 bits per heavy atom. The van der Waals surface area contributed by atoms with E-state index < -0.39 is 0 Å².